The van der Waals surface area contributed by atoms with E-state index in [1.54, 1.807) is 25.6 Å². The van der Waals surface area contributed by atoms with Crippen molar-refractivity contribution in [3.05, 3.63) is 102 Å². The van der Waals surface area contributed by atoms with Gasteiger partial charge in [0, 0.05) is 11.1 Å². The first-order chi connectivity index (χ1) is 18.7. The van der Waals surface area contributed by atoms with Crippen molar-refractivity contribution in [3.63, 3.8) is 0 Å². The Morgan fingerprint density at radius 3 is 2.18 bits per heavy atom. The molecule has 6 nitrogen and oxygen atoms in total. The van der Waals surface area contributed by atoms with Crippen LogP contribution in [0.3, 0.4) is 0 Å². The summed E-state index contributed by atoms with van der Waals surface area (Å²) in [6.07, 6.45) is 0. The van der Waals surface area contributed by atoms with Crippen LogP contribution < -0.4 is 9.47 Å². The molecule has 184 valence electrons. The topological polar surface area (TPSA) is 73.0 Å². The summed E-state index contributed by atoms with van der Waals surface area (Å²) >= 11 is 1.55. The first-order valence-electron chi connectivity index (χ1n) is 12.0. The number of rotatable bonds is 6. The lowest BCUT2D eigenvalue weighted by molar-refractivity contribution is 0.355. The number of nitrogens with zero attached hydrogens (tertiary/aromatic N) is 4. The smallest absolute Gasteiger partial charge is 0.164 e. The molecule has 6 aromatic rings. The van der Waals surface area contributed by atoms with Crippen molar-refractivity contribution in [2.24, 2.45) is 0 Å². The Morgan fingerprint density at radius 1 is 0.789 bits per heavy atom. The fraction of sp³-hybridized carbons (Fsp3) is 0.0645. The second kappa shape index (κ2) is 9.85. The van der Waals surface area contributed by atoms with Gasteiger partial charge in [0.25, 0.3) is 0 Å². The minimum absolute atomic E-state index is 0.483. The zero-order valence-corrected chi connectivity index (χ0v) is 21.6. The molecule has 0 radical (unpaired) electrons. The Hall–Kier alpha value is -4.93. The maximum atomic E-state index is 10.6. The van der Waals surface area contributed by atoms with Crippen molar-refractivity contribution in [1.29, 1.82) is 5.26 Å². The number of ether oxygens (including phenoxy) is 2. The molecule has 3 aromatic carbocycles. The van der Waals surface area contributed by atoms with Gasteiger partial charge in [-0.15, -0.1) is 11.3 Å². The van der Waals surface area contributed by atoms with Gasteiger partial charge in [0.2, 0.25) is 0 Å². The number of hydrogen-bond acceptors (Lipinski definition) is 6. The second-order valence-electron chi connectivity index (χ2n) is 8.53. The third-order valence-electron chi connectivity index (χ3n) is 6.40. The van der Waals surface area contributed by atoms with E-state index in [2.05, 4.69) is 6.07 Å². The van der Waals surface area contributed by atoms with Gasteiger partial charge in [0.15, 0.2) is 17.1 Å². The fourth-order valence-corrected chi connectivity index (χ4v) is 5.40. The van der Waals surface area contributed by atoms with Gasteiger partial charge in [0.05, 0.1) is 35.7 Å². The monoisotopic (exact) mass is 514 g/mol. The molecule has 0 N–H and O–H groups in total. The van der Waals surface area contributed by atoms with Crippen LogP contribution in [-0.4, -0.2) is 29.0 Å². The highest BCUT2D eigenvalue weighted by molar-refractivity contribution is 7.13. The molecule has 0 amide bonds. The minimum atomic E-state index is 0.483. The van der Waals surface area contributed by atoms with Crippen LogP contribution in [-0.2, 0) is 0 Å². The maximum absolute atomic E-state index is 10.6. The fourth-order valence-electron chi connectivity index (χ4n) is 4.68. The molecular weight excluding hydrogens is 492 g/mol. The van der Waals surface area contributed by atoms with Crippen molar-refractivity contribution >= 4 is 22.4 Å². The Bertz CT molecular complexity index is 1790. The number of benzene rings is 3. The number of para-hydroxylation sites is 1. The zero-order chi connectivity index (χ0) is 26.1. The molecule has 3 aromatic heterocycles. The molecule has 0 spiro atoms. The summed E-state index contributed by atoms with van der Waals surface area (Å²) in [5.74, 6) is 1.19. The standard InChI is InChI=1S/C31H22N4O2S/c1-36-24-16-15-21(18-25(24)37-2)27-23(19-32)30(26-14-9-17-38-26)33-31-28(27)29(20-10-5-3-6-11-20)34-35(31)22-12-7-4-8-13-22/h3-18H,1-2H3. The van der Waals surface area contributed by atoms with Crippen LogP contribution in [0.25, 0.3) is 49.7 Å². The summed E-state index contributed by atoms with van der Waals surface area (Å²) in [4.78, 5) is 6.02. The predicted molar refractivity (Wildman–Crippen MR) is 151 cm³/mol. The van der Waals surface area contributed by atoms with Crippen LogP contribution in [0.15, 0.2) is 96.4 Å². The van der Waals surface area contributed by atoms with Gasteiger partial charge in [-0.25, -0.2) is 9.67 Å². The van der Waals surface area contributed by atoms with E-state index in [4.69, 9.17) is 19.6 Å². The van der Waals surface area contributed by atoms with Crippen molar-refractivity contribution < 1.29 is 9.47 Å². The number of aromatic nitrogens is 3. The highest BCUT2D eigenvalue weighted by Crippen LogP contribution is 2.44. The average molecular weight is 515 g/mol. The number of methoxy groups -OCH3 is 2. The first-order valence-corrected chi connectivity index (χ1v) is 12.9. The zero-order valence-electron chi connectivity index (χ0n) is 20.8. The van der Waals surface area contributed by atoms with Gasteiger partial charge in [-0.05, 0) is 41.3 Å². The summed E-state index contributed by atoms with van der Waals surface area (Å²) < 4.78 is 13.0. The number of fused-ring (bicyclic) bond motifs is 1. The first kappa shape index (κ1) is 23.5. The van der Waals surface area contributed by atoms with Gasteiger partial charge in [-0.3, -0.25) is 0 Å². The molecule has 0 aliphatic rings. The third kappa shape index (κ3) is 3.88. The normalized spacial score (nSPS) is 10.9. The van der Waals surface area contributed by atoms with Crippen molar-refractivity contribution in [3.8, 4) is 56.2 Å². The van der Waals surface area contributed by atoms with E-state index < -0.39 is 0 Å². The van der Waals surface area contributed by atoms with Crippen LogP contribution >= 0.6 is 11.3 Å². The largest absolute Gasteiger partial charge is 0.493 e. The van der Waals surface area contributed by atoms with Crippen LogP contribution in [0, 0.1) is 11.3 Å². The van der Waals surface area contributed by atoms with Gasteiger partial charge in [-0.1, -0.05) is 60.7 Å². The molecule has 0 fully saturated rings. The maximum Gasteiger partial charge on any atom is 0.164 e. The SMILES string of the molecule is COc1ccc(-c2c(C#N)c(-c3cccs3)nc3c2c(-c2ccccc2)nn3-c2ccccc2)cc1OC. The van der Waals surface area contributed by atoms with Crippen LogP contribution in [0.2, 0.25) is 0 Å². The molecule has 0 aliphatic carbocycles. The van der Waals surface area contributed by atoms with Gasteiger partial charge >= 0.3 is 0 Å². The highest BCUT2D eigenvalue weighted by Gasteiger charge is 2.26. The molecule has 7 heteroatoms. The Kier molecular flexibility index (Phi) is 6.08. The number of hydrogen-bond donors (Lipinski definition) is 0. The lowest BCUT2D eigenvalue weighted by Crippen LogP contribution is -2.00. The van der Waals surface area contributed by atoms with Gasteiger partial charge < -0.3 is 9.47 Å². The summed E-state index contributed by atoms with van der Waals surface area (Å²) in [6.45, 7) is 0. The number of pyridine rings is 1. The summed E-state index contributed by atoms with van der Waals surface area (Å²) in [5.41, 5.74) is 5.90. The molecule has 0 aliphatic heterocycles. The van der Waals surface area contributed by atoms with E-state index in [9.17, 15) is 5.26 Å². The lowest BCUT2D eigenvalue weighted by atomic mass is 9.93. The highest BCUT2D eigenvalue weighted by atomic mass is 32.1. The van der Waals surface area contributed by atoms with Crippen molar-refractivity contribution in [2.75, 3.05) is 14.2 Å². The molecule has 3 heterocycles. The van der Waals surface area contributed by atoms with E-state index in [1.807, 2.05) is 101 Å². The molecule has 0 saturated carbocycles. The molecule has 0 bridgehead atoms. The average Bonchev–Trinajstić information content (AvgIpc) is 3.65. The van der Waals surface area contributed by atoms with Crippen LogP contribution in [0.4, 0.5) is 0 Å². The van der Waals surface area contributed by atoms with Gasteiger partial charge in [-0.2, -0.15) is 10.4 Å². The summed E-state index contributed by atoms with van der Waals surface area (Å²) in [6, 6.07) is 32.0. The lowest BCUT2D eigenvalue weighted by Gasteiger charge is -2.14. The van der Waals surface area contributed by atoms with Crippen molar-refractivity contribution in [2.45, 2.75) is 0 Å². The summed E-state index contributed by atoms with van der Waals surface area (Å²) in [5, 5.41) is 18.4. The molecule has 0 saturated heterocycles. The van der Waals surface area contributed by atoms with Gasteiger partial charge in [0.1, 0.15) is 17.5 Å². The molecule has 0 unspecified atom stereocenters. The predicted octanol–water partition coefficient (Wildman–Crippen LogP) is 7.37. The van der Waals surface area contributed by atoms with Crippen molar-refractivity contribution in [1.82, 2.24) is 14.8 Å². The van der Waals surface area contributed by atoms with E-state index >= 15 is 0 Å². The number of nitriles is 1. The third-order valence-corrected chi connectivity index (χ3v) is 7.28. The van der Waals surface area contributed by atoms with Crippen LogP contribution in [0.1, 0.15) is 5.56 Å². The van der Waals surface area contributed by atoms with E-state index in [0.717, 1.165) is 38.3 Å². The van der Waals surface area contributed by atoms with E-state index in [0.29, 0.717) is 28.4 Å². The minimum Gasteiger partial charge on any atom is -0.493 e. The molecule has 6 rings (SSSR count). The quantitative estimate of drug-likeness (QED) is 0.232. The summed E-state index contributed by atoms with van der Waals surface area (Å²) in [7, 11) is 3.21. The second-order valence-corrected chi connectivity index (χ2v) is 9.48. The number of thiophene rings is 1. The Labute approximate surface area is 224 Å². The van der Waals surface area contributed by atoms with E-state index in [-0.39, 0.29) is 0 Å². The Balaban J connectivity index is 1.81. The molecule has 38 heavy (non-hydrogen) atoms. The van der Waals surface area contributed by atoms with Crippen LogP contribution in [0.5, 0.6) is 11.5 Å². The molecular formula is C31H22N4O2S. The Morgan fingerprint density at radius 2 is 1.53 bits per heavy atom. The molecule has 0 atom stereocenters. The van der Waals surface area contributed by atoms with E-state index in [1.165, 1.54) is 0 Å².